The summed E-state index contributed by atoms with van der Waals surface area (Å²) >= 11 is 3.17. The summed E-state index contributed by atoms with van der Waals surface area (Å²) in [5.74, 6) is -0.654. The van der Waals surface area contributed by atoms with Crippen LogP contribution >= 0.6 is 15.9 Å². The van der Waals surface area contributed by atoms with Crippen LogP contribution in [0.1, 0.15) is 32.3 Å². The number of carbonyl (C=O) groups excluding carboxylic acids is 1. The van der Waals surface area contributed by atoms with Gasteiger partial charge in [-0.3, -0.25) is 4.79 Å². The lowest BCUT2D eigenvalue weighted by Gasteiger charge is -2.23. The molecule has 2 nitrogen and oxygen atoms in total. The van der Waals surface area contributed by atoms with Crippen molar-refractivity contribution in [3.8, 4) is 0 Å². The zero-order chi connectivity index (χ0) is 13.1. The van der Waals surface area contributed by atoms with Gasteiger partial charge in [-0.05, 0) is 36.6 Å². The van der Waals surface area contributed by atoms with E-state index in [2.05, 4.69) is 15.9 Å². The number of halogens is 2. The van der Waals surface area contributed by atoms with Crippen LogP contribution in [0, 0.1) is 5.82 Å². The molecule has 0 aliphatic carbocycles. The maximum atomic E-state index is 13.1. The third-order valence-electron chi connectivity index (χ3n) is 2.98. The first-order valence-corrected chi connectivity index (χ1v) is 6.41. The number of benzene rings is 1. The molecule has 94 valence electrons. The second-order valence-electron chi connectivity index (χ2n) is 4.12. The Hall–Kier alpha value is -0.740. The lowest BCUT2D eigenvalue weighted by atomic mass is 9.88. The van der Waals surface area contributed by atoms with Gasteiger partial charge < -0.3 is 5.11 Å². The SMILES string of the molecule is CCC(O)(CC)C(=O)Cc1cc(F)cc(Br)c1. The van der Waals surface area contributed by atoms with Gasteiger partial charge in [0, 0.05) is 10.9 Å². The Labute approximate surface area is 109 Å². The smallest absolute Gasteiger partial charge is 0.168 e. The second-order valence-corrected chi connectivity index (χ2v) is 5.03. The quantitative estimate of drug-likeness (QED) is 0.906. The average Bonchev–Trinajstić information content (AvgIpc) is 2.26. The number of carbonyl (C=O) groups is 1. The maximum absolute atomic E-state index is 13.1. The minimum atomic E-state index is -1.29. The highest BCUT2D eigenvalue weighted by atomic mass is 79.9. The molecule has 1 aromatic carbocycles. The molecule has 0 aromatic heterocycles. The first-order valence-electron chi connectivity index (χ1n) is 5.62. The van der Waals surface area contributed by atoms with Crippen molar-refractivity contribution in [2.75, 3.05) is 0 Å². The predicted molar refractivity (Wildman–Crippen MR) is 68.3 cm³/mol. The van der Waals surface area contributed by atoms with Crippen LogP contribution in [0.25, 0.3) is 0 Å². The Morgan fingerprint density at radius 2 is 1.94 bits per heavy atom. The van der Waals surface area contributed by atoms with Crippen LogP contribution in [-0.4, -0.2) is 16.5 Å². The van der Waals surface area contributed by atoms with Gasteiger partial charge in [-0.2, -0.15) is 0 Å². The standard InChI is InChI=1S/C13H16BrFO2/c1-3-13(17,4-2)12(16)7-9-5-10(14)8-11(15)6-9/h5-6,8,17H,3-4,7H2,1-2H3. The lowest BCUT2D eigenvalue weighted by Crippen LogP contribution is -2.38. The Morgan fingerprint density at radius 1 is 1.35 bits per heavy atom. The minimum absolute atomic E-state index is 0.0501. The topological polar surface area (TPSA) is 37.3 Å². The van der Waals surface area contributed by atoms with Gasteiger partial charge in [0.1, 0.15) is 11.4 Å². The molecule has 0 radical (unpaired) electrons. The maximum Gasteiger partial charge on any atom is 0.168 e. The van der Waals surface area contributed by atoms with Gasteiger partial charge in [0.05, 0.1) is 0 Å². The molecule has 0 saturated heterocycles. The van der Waals surface area contributed by atoms with Crippen LogP contribution < -0.4 is 0 Å². The number of ketones is 1. The zero-order valence-corrected chi connectivity index (χ0v) is 11.6. The van der Waals surface area contributed by atoms with Crippen LogP contribution in [0.5, 0.6) is 0 Å². The first kappa shape index (κ1) is 14.3. The Balaban J connectivity index is 2.87. The van der Waals surface area contributed by atoms with Crippen molar-refractivity contribution in [1.82, 2.24) is 0 Å². The average molecular weight is 303 g/mol. The molecule has 4 heteroatoms. The number of rotatable bonds is 5. The van der Waals surface area contributed by atoms with Crippen molar-refractivity contribution in [3.05, 3.63) is 34.1 Å². The monoisotopic (exact) mass is 302 g/mol. The van der Waals surface area contributed by atoms with Gasteiger partial charge in [0.15, 0.2) is 5.78 Å². The van der Waals surface area contributed by atoms with Crippen LogP contribution in [-0.2, 0) is 11.2 Å². The normalized spacial score (nSPS) is 11.6. The molecule has 0 atom stereocenters. The number of hydrogen-bond donors (Lipinski definition) is 1. The fraction of sp³-hybridized carbons (Fsp3) is 0.462. The molecule has 0 heterocycles. The molecule has 0 aliphatic rings. The molecule has 17 heavy (non-hydrogen) atoms. The summed E-state index contributed by atoms with van der Waals surface area (Å²) in [7, 11) is 0. The summed E-state index contributed by atoms with van der Waals surface area (Å²) in [6, 6.07) is 4.33. The van der Waals surface area contributed by atoms with E-state index in [0.717, 1.165) is 0 Å². The molecule has 0 saturated carbocycles. The zero-order valence-electron chi connectivity index (χ0n) is 9.96. The fourth-order valence-corrected chi connectivity index (χ4v) is 2.22. The summed E-state index contributed by atoms with van der Waals surface area (Å²) < 4.78 is 13.7. The van der Waals surface area contributed by atoms with E-state index < -0.39 is 11.4 Å². The first-order chi connectivity index (χ1) is 7.91. The molecule has 1 aromatic rings. The highest BCUT2D eigenvalue weighted by Crippen LogP contribution is 2.21. The van der Waals surface area contributed by atoms with Crippen molar-refractivity contribution in [2.45, 2.75) is 38.7 Å². The van der Waals surface area contributed by atoms with Crippen molar-refractivity contribution >= 4 is 21.7 Å². The molecule has 1 N–H and O–H groups in total. The molecule has 0 spiro atoms. The van der Waals surface area contributed by atoms with Gasteiger partial charge >= 0.3 is 0 Å². The summed E-state index contributed by atoms with van der Waals surface area (Å²) in [5, 5.41) is 10.0. The summed E-state index contributed by atoms with van der Waals surface area (Å²) in [5.41, 5.74) is -0.721. The molecule has 0 amide bonds. The highest BCUT2D eigenvalue weighted by Gasteiger charge is 2.31. The molecule has 0 bridgehead atoms. The van der Waals surface area contributed by atoms with E-state index in [1.54, 1.807) is 19.9 Å². The molecule has 0 unspecified atom stereocenters. The van der Waals surface area contributed by atoms with E-state index in [-0.39, 0.29) is 12.2 Å². The van der Waals surface area contributed by atoms with Crippen molar-refractivity contribution in [3.63, 3.8) is 0 Å². The van der Waals surface area contributed by atoms with Gasteiger partial charge in [0.25, 0.3) is 0 Å². The molecule has 0 aliphatic heterocycles. The number of hydrogen-bond acceptors (Lipinski definition) is 2. The van der Waals surface area contributed by atoms with Crippen molar-refractivity contribution in [2.24, 2.45) is 0 Å². The molecule has 1 rings (SSSR count). The summed E-state index contributed by atoms with van der Waals surface area (Å²) in [6.45, 7) is 3.53. The minimum Gasteiger partial charge on any atom is -0.382 e. The second kappa shape index (κ2) is 5.74. The van der Waals surface area contributed by atoms with E-state index in [0.29, 0.717) is 22.9 Å². The van der Waals surface area contributed by atoms with Crippen molar-refractivity contribution < 1.29 is 14.3 Å². The van der Waals surface area contributed by atoms with Crippen LogP contribution in [0.3, 0.4) is 0 Å². The number of aliphatic hydroxyl groups is 1. The summed E-state index contributed by atoms with van der Waals surface area (Å²) in [6.07, 6.45) is 0.798. The fourth-order valence-electron chi connectivity index (χ4n) is 1.71. The third-order valence-corrected chi connectivity index (χ3v) is 3.43. The van der Waals surface area contributed by atoms with Gasteiger partial charge in [-0.1, -0.05) is 29.8 Å². The Morgan fingerprint density at radius 3 is 2.41 bits per heavy atom. The summed E-state index contributed by atoms with van der Waals surface area (Å²) in [4.78, 5) is 11.9. The third kappa shape index (κ3) is 3.61. The number of Topliss-reactive ketones (excluding diaryl/α,β-unsaturated/α-hetero) is 1. The van der Waals surface area contributed by atoms with E-state index >= 15 is 0 Å². The van der Waals surface area contributed by atoms with Gasteiger partial charge in [-0.25, -0.2) is 4.39 Å². The van der Waals surface area contributed by atoms with Gasteiger partial charge in [0.2, 0.25) is 0 Å². The van der Waals surface area contributed by atoms with E-state index in [1.807, 2.05) is 0 Å². The Kier molecular flexibility index (Phi) is 4.83. The van der Waals surface area contributed by atoms with Crippen LogP contribution in [0.2, 0.25) is 0 Å². The highest BCUT2D eigenvalue weighted by molar-refractivity contribution is 9.10. The van der Waals surface area contributed by atoms with E-state index in [9.17, 15) is 14.3 Å². The van der Waals surface area contributed by atoms with Crippen LogP contribution in [0.15, 0.2) is 22.7 Å². The van der Waals surface area contributed by atoms with Crippen LogP contribution in [0.4, 0.5) is 4.39 Å². The molecular formula is C13H16BrFO2. The molecule has 0 fully saturated rings. The Bertz CT molecular complexity index is 394. The van der Waals surface area contributed by atoms with E-state index in [1.165, 1.54) is 12.1 Å². The largest absolute Gasteiger partial charge is 0.382 e. The van der Waals surface area contributed by atoms with Gasteiger partial charge in [-0.15, -0.1) is 0 Å². The van der Waals surface area contributed by atoms with E-state index in [4.69, 9.17) is 0 Å². The lowest BCUT2D eigenvalue weighted by molar-refractivity contribution is -0.137. The van der Waals surface area contributed by atoms with Crippen molar-refractivity contribution in [1.29, 1.82) is 0 Å². The predicted octanol–water partition coefficient (Wildman–Crippen LogP) is 3.25. The molecular weight excluding hydrogens is 287 g/mol.